The van der Waals surface area contributed by atoms with Gasteiger partial charge in [-0.1, -0.05) is 12.1 Å². The van der Waals surface area contributed by atoms with Crippen LogP contribution in [0.25, 0.3) is 0 Å². The zero-order valence-electron chi connectivity index (χ0n) is 18.8. The van der Waals surface area contributed by atoms with Crippen molar-refractivity contribution in [2.45, 2.75) is 45.4 Å². The number of anilines is 2. The summed E-state index contributed by atoms with van der Waals surface area (Å²) in [5.41, 5.74) is 5.10. The molecule has 1 aromatic heterocycles. The first-order valence-corrected chi connectivity index (χ1v) is 11.8. The lowest BCUT2D eigenvalue weighted by atomic mass is 9.96. The minimum atomic E-state index is 0.0610. The molecule has 1 aliphatic carbocycles. The number of carbonyl (C=O) groups excluding carboxylic acids is 1. The van der Waals surface area contributed by atoms with Crippen molar-refractivity contribution in [3.8, 4) is 0 Å². The Morgan fingerprint density at radius 2 is 1.71 bits per heavy atom. The molecule has 0 bridgehead atoms. The quantitative estimate of drug-likeness (QED) is 0.759. The van der Waals surface area contributed by atoms with Gasteiger partial charge >= 0.3 is 0 Å². The molecule has 2 aliphatic heterocycles. The van der Waals surface area contributed by atoms with Crippen LogP contribution < -0.4 is 9.80 Å². The Morgan fingerprint density at radius 1 is 0.903 bits per heavy atom. The molecule has 6 nitrogen and oxygen atoms in total. The second-order valence-electron chi connectivity index (χ2n) is 9.41. The van der Waals surface area contributed by atoms with E-state index < -0.39 is 0 Å². The van der Waals surface area contributed by atoms with Gasteiger partial charge in [-0.3, -0.25) is 4.79 Å². The maximum atomic E-state index is 13.3. The maximum Gasteiger partial charge on any atom is 0.227 e. The van der Waals surface area contributed by atoms with E-state index in [4.69, 9.17) is 0 Å². The minimum Gasteiger partial charge on any atom is -0.368 e. The monoisotopic (exact) mass is 419 g/mol. The van der Waals surface area contributed by atoms with E-state index in [0.717, 1.165) is 63.6 Å². The number of hydrogen-bond donors (Lipinski definition) is 0. The summed E-state index contributed by atoms with van der Waals surface area (Å²) in [6.45, 7) is 9.49. The molecule has 1 unspecified atom stereocenters. The van der Waals surface area contributed by atoms with E-state index in [2.05, 4.69) is 69.1 Å². The second-order valence-corrected chi connectivity index (χ2v) is 9.41. The molecular weight excluding hydrogens is 386 g/mol. The van der Waals surface area contributed by atoms with Crippen LogP contribution in [0.4, 0.5) is 11.5 Å². The normalized spacial score (nSPS) is 22.0. The molecule has 0 spiro atoms. The van der Waals surface area contributed by atoms with E-state index in [1.807, 2.05) is 0 Å². The van der Waals surface area contributed by atoms with E-state index in [1.165, 1.54) is 29.7 Å². The number of nitrogens with zero attached hydrogens (tertiary/aromatic N) is 5. The number of aryl methyl sites for hydroxylation is 1. The van der Waals surface area contributed by atoms with Crippen LogP contribution in [-0.4, -0.2) is 60.3 Å². The molecule has 2 saturated heterocycles. The summed E-state index contributed by atoms with van der Waals surface area (Å²) < 4.78 is 0. The van der Waals surface area contributed by atoms with Gasteiger partial charge in [-0.05, 0) is 68.9 Å². The third-order valence-electron chi connectivity index (χ3n) is 7.27. The molecule has 0 N–H and O–H groups in total. The Morgan fingerprint density at radius 3 is 2.42 bits per heavy atom. The van der Waals surface area contributed by atoms with E-state index in [-0.39, 0.29) is 5.92 Å². The fourth-order valence-electron chi connectivity index (χ4n) is 4.99. The van der Waals surface area contributed by atoms with Crippen molar-refractivity contribution in [2.75, 3.05) is 49.1 Å². The molecular formula is C25H33N5O. The molecule has 6 heteroatoms. The third-order valence-corrected chi connectivity index (χ3v) is 7.27. The molecule has 1 atom stereocenters. The van der Waals surface area contributed by atoms with Crippen molar-refractivity contribution in [1.29, 1.82) is 0 Å². The van der Waals surface area contributed by atoms with Crippen molar-refractivity contribution in [3.63, 3.8) is 0 Å². The fourth-order valence-corrected chi connectivity index (χ4v) is 4.99. The number of piperazine rings is 1. The third kappa shape index (κ3) is 4.25. The van der Waals surface area contributed by atoms with Crippen LogP contribution in [0.5, 0.6) is 0 Å². The number of piperidine rings is 1. The summed E-state index contributed by atoms with van der Waals surface area (Å²) in [4.78, 5) is 20.1. The Hall–Kier alpha value is -2.63. The van der Waals surface area contributed by atoms with Crippen LogP contribution in [0.1, 0.15) is 48.4 Å². The van der Waals surface area contributed by atoms with Gasteiger partial charge in [0.05, 0.1) is 11.6 Å². The summed E-state index contributed by atoms with van der Waals surface area (Å²) in [5.74, 6) is 1.92. The van der Waals surface area contributed by atoms with Crippen LogP contribution in [0.15, 0.2) is 30.3 Å². The van der Waals surface area contributed by atoms with Gasteiger partial charge in [-0.2, -0.15) is 5.10 Å². The first kappa shape index (κ1) is 20.3. The van der Waals surface area contributed by atoms with Gasteiger partial charge in [0.1, 0.15) is 0 Å². The summed E-state index contributed by atoms with van der Waals surface area (Å²) in [6, 6.07) is 10.7. The number of amides is 1. The number of carbonyl (C=O) groups is 1. The molecule has 2 aromatic rings. The average Bonchev–Trinajstić information content (AvgIpc) is 3.66. The van der Waals surface area contributed by atoms with Crippen LogP contribution >= 0.6 is 0 Å². The lowest BCUT2D eigenvalue weighted by Crippen LogP contribution is -2.52. The first-order valence-electron chi connectivity index (χ1n) is 11.8. The maximum absolute atomic E-state index is 13.3. The van der Waals surface area contributed by atoms with Crippen LogP contribution in [0.3, 0.4) is 0 Å². The summed E-state index contributed by atoms with van der Waals surface area (Å²) in [7, 11) is 0. The van der Waals surface area contributed by atoms with Crippen LogP contribution in [0, 0.1) is 19.8 Å². The van der Waals surface area contributed by atoms with E-state index in [0.29, 0.717) is 11.8 Å². The van der Waals surface area contributed by atoms with Gasteiger partial charge in [0.15, 0.2) is 5.82 Å². The van der Waals surface area contributed by atoms with E-state index in [9.17, 15) is 4.79 Å². The lowest BCUT2D eigenvalue weighted by Gasteiger charge is -2.40. The summed E-state index contributed by atoms with van der Waals surface area (Å²) in [5, 5.41) is 8.91. The van der Waals surface area contributed by atoms with Crippen molar-refractivity contribution in [2.24, 2.45) is 5.92 Å². The van der Waals surface area contributed by atoms with Crippen LogP contribution in [0.2, 0.25) is 0 Å². The predicted molar refractivity (Wildman–Crippen MR) is 124 cm³/mol. The van der Waals surface area contributed by atoms with Crippen molar-refractivity contribution < 1.29 is 4.79 Å². The highest BCUT2D eigenvalue weighted by Gasteiger charge is 2.32. The fraction of sp³-hybridized carbons (Fsp3) is 0.560. The molecule has 5 rings (SSSR count). The SMILES string of the molecule is Cc1cccc(N2CCN(C(=O)C3CCCN(c4ccc(C5CC5)nn4)C3)CC2)c1C. The topological polar surface area (TPSA) is 52.6 Å². The van der Waals surface area contributed by atoms with Crippen LogP contribution in [-0.2, 0) is 4.79 Å². The van der Waals surface area contributed by atoms with Gasteiger partial charge in [0.25, 0.3) is 0 Å². The van der Waals surface area contributed by atoms with Gasteiger partial charge in [-0.15, -0.1) is 5.10 Å². The molecule has 1 amide bonds. The van der Waals surface area contributed by atoms with E-state index in [1.54, 1.807) is 0 Å². The van der Waals surface area contributed by atoms with Gasteiger partial charge in [0, 0.05) is 50.9 Å². The Bertz CT molecular complexity index is 931. The molecule has 3 heterocycles. The number of hydrogen-bond acceptors (Lipinski definition) is 5. The average molecular weight is 420 g/mol. The van der Waals surface area contributed by atoms with Crippen molar-refractivity contribution in [1.82, 2.24) is 15.1 Å². The van der Waals surface area contributed by atoms with Gasteiger partial charge in [-0.25, -0.2) is 0 Å². The number of benzene rings is 1. The standard InChI is InChI=1S/C25H33N5O/c1-18-5-3-7-23(19(18)2)28-13-15-29(16-14-28)25(31)21-6-4-12-30(17-21)24-11-10-22(26-27-24)20-8-9-20/h3,5,7,10-11,20-21H,4,6,8-9,12-17H2,1-2H3. The Kier molecular flexibility index (Phi) is 5.55. The molecule has 3 fully saturated rings. The summed E-state index contributed by atoms with van der Waals surface area (Å²) >= 11 is 0. The first-order chi connectivity index (χ1) is 15.1. The smallest absolute Gasteiger partial charge is 0.227 e. The zero-order chi connectivity index (χ0) is 21.4. The highest BCUT2D eigenvalue weighted by Crippen LogP contribution is 2.39. The number of aromatic nitrogens is 2. The molecule has 1 saturated carbocycles. The zero-order valence-corrected chi connectivity index (χ0v) is 18.8. The largest absolute Gasteiger partial charge is 0.368 e. The second kappa shape index (κ2) is 8.48. The number of rotatable bonds is 4. The van der Waals surface area contributed by atoms with Crippen molar-refractivity contribution >= 4 is 17.4 Å². The highest BCUT2D eigenvalue weighted by atomic mass is 16.2. The molecule has 31 heavy (non-hydrogen) atoms. The predicted octanol–water partition coefficient (Wildman–Crippen LogP) is 3.54. The van der Waals surface area contributed by atoms with E-state index >= 15 is 0 Å². The molecule has 1 aromatic carbocycles. The van der Waals surface area contributed by atoms with Crippen molar-refractivity contribution in [3.05, 3.63) is 47.2 Å². The Balaban J connectivity index is 1.19. The lowest BCUT2D eigenvalue weighted by molar-refractivity contribution is -0.136. The van der Waals surface area contributed by atoms with Gasteiger partial charge in [0.2, 0.25) is 5.91 Å². The Labute approximate surface area is 185 Å². The minimum absolute atomic E-state index is 0.0610. The molecule has 0 radical (unpaired) electrons. The summed E-state index contributed by atoms with van der Waals surface area (Å²) in [6.07, 6.45) is 4.49. The highest BCUT2D eigenvalue weighted by molar-refractivity contribution is 5.80. The molecule has 3 aliphatic rings. The molecule has 164 valence electrons. The van der Waals surface area contributed by atoms with Gasteiger partial charge < -0.3 is 14.7 Å².